The number of nitro groups is 1. The number of aliphatic imine (C=N–C) groups is 1. The zero-order valence-electron chi connectivity index (χ0n) is 18.1. The molecule has 1 fully saturated rings. The Kier molecular flexibility index (Phi) is 9.34. The van der Waals surface area contributed by atoms with Crippen molar-refractivity contribution >= 4 is 11.6 Å². The molecule has 1 aromatic rings. The van der Waals surface area contributed by atoms with E-state index in [1.54, 1.807) is 12.1 Å². The molecule has 0 saturated carbocycles. The topological polar surface area (TPSA) is 92.0 Å². The van der Waals surface area contributed by atoms with Crippen molar-refractivity contribution < 1.29 is 9.66 Å². The van der Waals surface area contributed by atoms with Crippen LogP contribution < -0.4 is 10.6 Å². The van der Waals surface area contributed by atoms with E-state index in [0.717, 1.165) is 50.6 Å². The lowest BCUT2D eigenvalue weighted by Crippen LogP contribution is -2.46. The third kappa shape index (κ3) is 7.98. The van der Waals surface area contributed by atoms with Gasteiger partial charge in [-0.1, -0.05) is 12.1 Å². The summed E-state index contributed by atoms with van der Waals surface area (Å²) in [6.07, 6.45) is 2.40. The second-order valence-electron chi connectivity index (χ2n) is 7.96. The maximum Gasteiger partial charge on any atom is 0.269 e. The van der Waals surface area contributed by atoms with E-state index >= 15 is 0 Å². The predicted molar refractivity (Wildman–Crippen MR) is 116 cm³/mol. The summed E-state index contributed by atoms with van der Waals surface area (Å²) in [6, 6.07) is 7.49. The van der Waals surface area contributed by atoms with Crippen LogP contribution in [0, 0.1) is 10.1 Å². The van der Waals surface area contributed by atoms with Crippen molar-refractivity contribution in [2.45, 2.75) is 65.3 Å². The summed E-state index contributed by atoms with van der Waals surface area (Å²) in [6.45, 7) is 12.5. The van der Waals surface area contributed by atoms with Crippen molar-refractivity contribution in [3.8, 4) is 0 Å². The molecule has 0 aromatic heterocycles. The van der Waals surface area contributed by atoms with Crippen LogP contribution >= 0.6 is 0 Å². The Bertz CT molecular complexity index is 647. The number of nitrogens with zero attached hydrogens (tertiary/aromatic N) is 3. The molecule has 8 nitrogen and oxygen atoms in total. The number of hydrogen-bond acceptors (Lipinski definition) is 5. The van der Waals surface area contributed by atoms with Crippen LogP contribution in [0.25, 0.3) is 0 Å². The van der Waals surface area contributed by atoms with E-state index in [9.17, 15) is 10.1 Å². The normalized spacial score (nSPS) is 17.3. The SMILES string of the molecule is CC(C)N(CCNC(=NCc1ccc([N+](=O)[O-])cc1)NCC1CCCO1)C(C)C. The van der Waals surface area contributed by atoms with Crippen LogP contribution in [-0.4, -0.2) is 60.2 Å². The first-order valence-corrected chi connectivity index (χ1v) is 10.5. The zero-order valence-corrected chi connectivity index (χ0v) is 18.1. The number of hydrogen-bond donors (Lipinski definition) is 2. The van der Waals surface area contributed by atoms with E-state index < -0.39 is 4.92 Å². The number of rotatable bonds is 10. The maximum absolute atomic E-state index is 10.8. The Morgan fingerprint density at radius 1 is 1.24 bits per heavy atom. The van der Waals surface area contributed by atoms with Crippen molar-refractivity contribution in [3.05, 3.63) is 39.9 Å². The number of nitrogens with one attached hydrogen (secondary N) is 2. The molecule has 1 aliphatic heterocycles. The van der Waals surface area contributed by atoms with Gasteiger partial charge in [-0.2, -0.15) is 0 Å². The predicted octanol–water partition coefficient (Wildman–Crippen LogP) is 2.93. The van der Waals surface area contributed by atoms with Gasteiger partial charge in [0.25, 0.3) is 5.69 Å². The summed E-state index contributed by atoms with van der Waals surface area (Å²) in [5, 5.41) is 17.6. The molecule has 2 rings (SSSR count). The van der Waals surface area contributed by atoms with Gasteiger partial charge in [0.15, 0.2) is 5.96 Å². The van der Waals surface area contributed by atoms with Crippen molar-refractivity contribution in [1.82, 2.24) is 15.5 Å². The van der Waals surface area contributed by atoms with Gasteiger partial charge in [0.05, 0.1) is 17.6 Å². The van der Waals surface area contributed by atoms with Crippen molar-refractivity contribution in [2.24, 2.45) is 4.99 Å². The molecule has 0 radical (unpaired) electrons. The molecule has 0 bridgehead atoms. The lowest BCUT2D eigenvalue weighted by molar-refractivity contribution is -0.384. The van der Waals surface area contributed by atoms with E-state index in [-0.39, 0.29) is 11.8 Å². The minimum atomic E-state index is -0.390. The number of ether oxygens (including phenoxy) is 1. The molecular formula is C21H35N5O3. The van der Waals surface area contributed by atoms with Crippen LogP contribution in [0.4, 0.5) is 5.69 Å². The van der Waals surface area contributed by atoms with E-state index in [1.807, 2.05) is 0 Å². The number of non-ortho nitro benzene ring substituents is 1. The molecule has 1 unspecified atom stereocenters. The number of nitro benzene ring substituents is 1. The van der Waals surface area contributed by atoms with Crippen molar-refractivity contribution in [2.75, 3.05) is 26.2 Å². The highest BCUT2D eigenvalue weighted by Gasteiger charge is 2.16. The van der Waals surface area contributed by atoms with E-state index in [1.165, 1.54) is 12.1 Å². The van der Waals surface area contributed by atoms with E-state index in [2.05, 4.69) is 48.2 Å². The highest BCUT2D eigenvalue weighted by atomic mass is 16.6. The fraction of sp³-hybridized carbons (Fsp3) is 0.667. The largest absolute Gasteiger partial charge is 0.376 e. The van der Waals surface area contributed by atoms with Gasteiger partial charge in [-0.3, -0.25) is 15.0 Å². The second kappa shape index (κ2) is 11.7. The molecule has 0 aliphatic carbocycles. The van der Waals surface area contributed by atoms with Gasteiger partial charge >= 0.3 is 0 Å². The summed E-state index contributed by atoms with van der Waals surface area (Å²) in [5.41, 5.74) is 1.02. The lowest BCUT2D eigenvalue weighted by atomic mass is 10.2. The smallest absolute Gasteiger partial charge is 0.269 e. The molecule has 1 aromatic carbocycles. The summed E-state index contributed by atoms with van der Waals surface area (Å²) < 4.78 is 5.69. The second-order valence-corrected chi connectivity index (χ2v) is 7.96. The van der Waals surface area contributed by atoms with Crippen LogP contribution in [0.2, 0.25) is 0 Å². The Labute approximate surface area is 173 Å². The molecular weight excluding hydrogens is 370 g/mol. The highest BCUT2D eigenvalue weighted by molar-refractivity contribution is 5.79. The average Bonchev–Trinajstić information content (AvgIpc) is 3.19. The van der Waals surface area contributed by atoms with Gasteiger partial charge in [-0.15, -0.1) is 0 Å². The molecule has 1 saturated heterocycles. The van der Waals surface area contributed by atoms with Crippen LogP contribution in [0.1, 0.15) is 46.1 Å². The molecule has 1 aliphatic rings. The Morgan fingerprint density at radius 3 is 2.48 bits per heavy atom. The van der Waals surface area contributed by atoms with Crippen LogP contribution in [0.15, 0.2) is 29.3 Å². The molecule has 162 valence electrons. The Hall–Kier alpha value is -2.19. The van der Waals surface area contributed by atoms with Crippen molar-refractivity contribution in [3.63, 3.8) is 0 Å². The third-order valence-corrected chi connectivity index (χ3v) is 5.08. The van der Waals surface area contributed by atoms with Gasteiger partial charge in [-0.05, 0) is 46.1 Å². The fourth-order valence-electron chi connectivity index (χ4n) is 3.50. The molecule has 0 amide bonds. The molecule has 1 heterocycles. The van der Waals surface area contributed by atoms with E-state index in [0.29, 0.717) is 18.6 Å². The lowest BCUT2D eigenvalue weighted by Gasteiger charge is -2.30. The van der Waals surface area contributed by atoms with Crippen LogP contribution in [0.5, 0.6) is 0 Å². The Balaban J connectivity index is 1.95. The first-order chi connectivity index (χ1) is 13.9. The highest BCUT2D eigenvalue weighted by Crippen LogP contribution is 2.13. The first kappa shape index (κ1) is 23.1. The molecule has 8 heteroatoms. The summed E-state index contributed by atoms with van der Waals surface area (Å²) in [5.74, 6) is 0.742. The summed E-state index contributed by atoms with van der Waals surface area (Å²) in [7, 11) is 0. The summed E-state index contributed by atoms with van der Waals surface area (Å²) >= 11 is 0. The average molecular weight is 406 g/mol. The van der Waals surface area contributed by atoms with Crippen LogP contribution in [0.3, 0.4) is 0 Å². The third-order valence-electron chi connectivity index (χ3n) is 5.08. The number of guanidine groups is 1. The van der Waals surface area contributed by atoms with Gasteiger partial charge in [0.2, 0.25) is 0 Å². The van der Waals surface area contributed by atoms with Gasteiger partial charge < -0.3 is 15.4 Å². The minimum absolute atomic E-state index is 0.0926. The quantitative estimate of drug-likeness (QED) is 0.269. The van der Waals surface area contributed by atoms with Crippen molar-refractivity contribution in [1.29, 1.82) is 0 Å². The maximum atomic E-state index is 10.8. The minimum Gasteiger partial charge on any atom is -0.376 e. The fourth-order valence-corrected chi connectivity index (χ4v) is 3.50. The first-order valence-electron chi connectivity index (χ1n) is 10.5. The molecule has 0 spiro atoms. The van der Waals surface area contributed by atoms with Crippen LogP contribution in [-0.2, 0) is 11.3 Å². The van der Waals surface area contributed by atoms with Gasteiger partial charge in [0, 0.05) is 50.5 Å². The van der Waals surface area contributed by atoms with E-state index in [4.69, 9.17) is 4.74 Å². The monoisotopic (exact) mass is 405 g/mol. The van der Waals surface area contributed by atoms with Gasteiger partial charge in [0.1, 0.15) is 0 Å². The van der Waals surface area contributed by atoms with Gasteiger partial charge in [-0.25, -0.2) is 4.99 Å². The molecule has 29 heavy (non-hydrogen) atoms. The number of benzene rings is 1. The standard InChI is InChI=1S/C21H35N5O3/c1-16(2)25(17(3)4)12-11-22-21(24-15-20-6-5-13-29-20)23-14-18-7-9-19(10-8-18)26(27)28/h7-10,16-17,20H,5-6,11-15H2,1-4H3,(H2,22,23,24). The zero-order chi connectivity index (χ0) is 21.2. The summed E-state index contributed by atoms with van der Waals surface area (Å²) in [4.78, 5) is 17.5. The molecule has 1 atom stereocenters. The molecule has 2 N–H and O–H groups in total. The Morgan fingerprint density at radius 2 is 1.93 bits per heavy atom.